The molecule has 1 aliphatic heterocycles. The molecule has 28 heavy (non-hydrogen) atoms. The monoisotopic (exact) mass is 412 g/mol. The lowest BCUT2D eigenvalue weighted by molar-refractivity contribution is -0.116. The van der Waals surface area contributed by atoms with Crippen molar-refractivity contribution in [2.75, 3.05) is 25.1 Å². The van der Waals surface area contributed by atoms with E-state index in [4.69, 9.17) is 9.47 Å². The summed E-state index contributed by atoms with van der Waals surface area (Å²) in [5.41, 5.74) is 0.0784. The van der Waals surface area contributed by atoms with Gasteiger partial charge in [-0.15, -0.1) is 0 Å². The van der Waals surface area contributed by atoms with E-state index in [1.54, 1.807) is 0 Å². The Morgan fingerprint density at radius 2 is 1.75 bits per heavy atom. The first-order valence-electron chi connectivity index (χ1n) is 8.49. The van der Waals surface area contributed by atoms with Crippen LogP contribution in [0.1, 0.15) is 12.8 Å². The standard InChI is InChI=1S/C18H18F2N2O5S/c19-14-4-2-12(10-15(14)20)22-18(23)6-7-21-28(24,25)13-3-5-16-17(11-13)27-9-1-8-26-16/h2-5,10-11,21H,1,6-9H2,(H,22,23). The van der Waals surface area contributed by atoms with E-state index in [-0.39, 0.29) is 23.5 Å². The highest BCUT2D eigenvalue weighted by Gasteiger charge is 2.19. The van der Waals surface area contributed by atoms with Crippen LogP contribution >= 0.6 is 0 Å². The van der Waals surface area contributed by atoms with Crippen LogP contribution in [0.5, 0.6) is 11.5 Å². The fraction of sp³-hybridized carbons (Fsp3) is 0.278. The first kappa shape index (κ1) is 20.0. The van der Waals surface area contributed by atoms with Gasteiger partial charge in [0.05, 0.1) is 18.1 Å². The lowest BCUT2D eigenvalue weighted by atomic mass is 10.3. The first-order chi connectivity index (χ1) is 13.3. The van der Waals surface area contributed by atoms with Crippen molar-refractivity contribution in [3.8, 4) is 11.5 Å². The summed E-state index contributed by atoms with van der Waals surface area (Å²) in [6, 6.07) is 7.21. The molecule has 10 heteroatoms. The van der Waals surface area contributed by atoms with Crippen molar-refractivity contribution in [3.05, 3.63) is 48.0 Å². The number of carbonyl (C=O) groups excluding carboxylic acids is 1. The number of hydrogen-bond donors (Lipinski definition) is 2. The summed E-state index contributed by atoms with van der Waals surface area (Å²) in [5, 5.41) is 2.37. The minimum Gasteiger partial charge on any atom is -0.490 e. The molecule has 0 saturated heterocycles. The van der Waals surface area contributed by atoms with E-state index in [1.807, 2.05) is 0 Å². The van der Waals surface area contributed by atoms with Crippen molar-refractivity contribution < 1.29 is 31.5 Å². The molecule has 3 rings (SSSR count). The smallest absolute Gasteiger partial charge is 0.240 e. The Bertz CT molecular complexity index is 982. The molecule has 1 aliphatic rings. The largest absolute Gasteiger partial charge is 0.490 e. The van der Waals surface area contributed by atoms with Gasteiger partial charge in [-0.25, -0.2) is 21.9 Å². The van der Waals surface area contributed by atoms with Crippen molar-refractivity contribution >= 4 is 21.6 Å². The van der Waals surface area contributed by atoms with E-state index in [0.717, 1.165) is 12.1 Å². The van der Waals surface area contributed by atoms with Gasteiger partial charge in [-0.1, -0.05) is 0 Å². The van der Waals surface area contributed by atoms with Crippen molar-refractivity contribution in [1.82, 2.24) is 4.72 Å². The molecule has 2 aromatic rings. The number of carbonyl (C=O) groups is 1. The second-order valence-electron chi connectivity index (χ2n) is 5.98. The van der Waals surface area contributed by atoms with Crippen molar-refractivity contribution in [2.24, 2.45) is 0 Å². The highest BCUT2D eigenvalue weighted by atomic mass is 32.2. The van der Waals surface area contributed by atoms with Crippen LogP contribution in [0, 0.1) is 11.6 Å². The Morgan fingerprint density at radius 1 is 1.00 bits per heavy atom. The van der Waals surface area contributed by atoms with E-state index in [0.29, 0.717) is 31.1 Å². The number of ether oxygens (including phenoxy) is 2. The van der Waals surface area contributed by atoms with Crippen LogP contribution in [0.15, 0.2) is 41.3 Å². The molecular formula is C18H18F2N2O5S. The third-order valence-electron chi connectivity index (χ3n) is 3.88. The molecule has 2 N–H and O–H groups in total. The van der Waals surface area contributed by atoms with Crippen molar-refractivity contribution in [1.29, 1.82) is 0 Å². The van der Waals surface area contributed by atoms with Gasteiger partial charge in [-0.3, -0.25) is 4.79 Å². The van der Waals surface area contributed by atoms with Gasteiger partial charge in [-0.2, -0.15) is 0 Å². The molecule has 0 bridgehead atoms. The Balaban J connectivity index is 1.56. The van der Waals surface area contributed by atoms with Crippen LogP contribution in [0.2, 0.25) is 0 Å². The Morgan fingerprint density at radius 3 is 2.50 bits per heavy atom. The Kier molecular flexibility index (Phi) is 6.10. The SMILES string of the molecule is O=C(CCNS(=O)(=O)c1ccc2c(c1)OCCCO2)Nc1ccc(F)c(F)c1. The topological polar surface area (TPSA) is 93.7 Å². The molecule has 0 aliphatic carbocycles. The molecule has 0 aromatic heterocycles. The second-order valence-corrected chi connectivity index (χ2v) is 7.75. The molecule has 2 aromatic carbocycles. The highest BCUT2D eigenvalue weighted by molar-refractivity contribution is 7.89. The Labute approximate surface area is 160 Å². The zero-order valence-electron chi connectivity index (χ0n) is 14.7. The van der Waals surface area contributed by atoms with E-state index < -0.39 is 27.6 Å². The summed E-state index contributed by atoms with van der Waals surface area (Å²) in [7, 11) is -3.86. The van der Waals surface area contributed by atoms with Gasteiger partial charge in [0.15, 0.2) is 23.1 Å². The Hall–Kier alpha value is -2.72. The average Bonchev–Trinajstić information content (AvgIpc) is 2.89. The minimum atomic E-state index is -3.86. The minimum absolute atomic E-state index is 0.0160. The van der Waals surface area contributed by atoms with Gasteiger partial charge >= 0.3 is 0 Å². The first-order valence-corrected chi connectivity index (χ1v) is 9.98. The molecule has 150 valence electrons. The molecule has 1 heterocycles. The van der Waals surface area contributed by atoms with E-state index in [2.05, 4.69) is 10.0 Å². The molecule has 7 nitrogen and oxygen atoms in total. The summed E-state index contributed by atoms with van der Waals surface area (Å²) in [5.74, 6) is -1.85. The van der Waals surface area contributed by atoms with Gasteiger partial charge in [0.1, 0.15) is 0 Å². The van der Waals surface area contributed by atoms with Crippen molar-refractivity contribution in [3.63, 3.8) is 0 Å². The number of nitrogens with one attached hydrogen (secondary N) is 2. The fourth-order valence-electron chi connectivity index (χ4n) is 2.49. The predicted octanol–water partition coefficient (Wildman–Crippen LogP) is 2.43. The molecule has 0 spiro atoms. The maximum absolute atomic E-state index is 13.1. The van der Waals surface area contributed by atoms with E-state index in [9.17, 15) is 22.0 Å². The van der Waals surface area contributed by atoms with Crippen LogP contribution in [-0.4, -0.2) is 34.1 Å². The lowest BCUT2D eigenvalue weighted by Crippen LogP contribution is -2.28. The lowest BCUT2D eigenvalue weighted by Gasteiger charge is -2.11. The van der Waals surface area contributed by atoms with Crippen LogP contribution in [-0.2, 0) is 14.8 Å². The number of halogens is 2. The number of benzene rings is 2. The summed E-state index contributed by atoms with van der Waals surface area (Å²) < 4.78 is 64.0. The molecule has 0 fully saturated rings. The number of amides is 1. The maximum atomic E-state index is 13.1. The number of fused-ring (bicyclic) bond motifs is 1. The van der Waals surface area contributed by atoms with Gasteiger partial charge in [0.25, 0.3) is 0 Å². The van der Waals surface area contributed by atoms with Gasteiger partial charge < -0.3 is 14.8 Å². The molecule has 0 saturated carbocycles. The molecule has 0 atom stereocenters. The zero-order valence-corrected chi connectivity index (χ0v) is 15.5. The average molecular weight is 412 g/mol. The third-order valence-corrected chi connectivity index (χ3v) is 5.34. The van der Waals surface area contributed by atoms with Gasteiger partial charge in [0, 0.05) is 37.2 Å². The normalized spacial score (nSPS) is 13.6. The maximum Gasteiger partial charge on any atom is 0.240 e. The van der Waals surface area contributed by atoms with Crippen molar-refractivity contribution in [2.45, 2.75) is 17.7 Å². The van der Waals surface area contributed by atoms with Gasteiger partial charge in [0.2, 0.25) is 15.9 Å². The predicted molar refractivity (Wildman–Crippen MR) is 96.8 cm³/mol. The summed E-state index contributed by atoms with van der Waals surface area (Å²) in [6.45, 7) is 0.741. The number of sulfonamides is 1. The number of hydrogen-bond acceptors (Lipinski definition) is 5. The second kappa shape index (κ2) is 8.53. The molecule has 1 amide bonds. The van der Waals surface area contributed by atoms with Gasteiger partial charge in [-0.05, 0) is 24.3 Å². The van der Waals surface area contributed by atoms with Crippen LogP contribution in [0.4, 0.5) is 14.5 Å². The zero-order chi connectivity index (χ0) is 20.1. The third kappa shape index (κ3) is 4.96. The summed E-state index contributed by atoms with van der Waals surface area (Å²) in [4.78, 5) is 11.8. The quantitative estimate of drug-likeness (QED) is 0.760. The highest BCUT2D eigenvalue weighted by Crippen LogP contribution is 2.31. The molecule has 0 radical (unpaired) electrons. The summed E-state index contributed by atoms with van der Waals surface area (Å²) in [6.07, 6.45) is 0.505. The molecular weight excluding hydrogens is 394 g/mol. The van der Waals surface area contributed by atoms with E-state index in [1.165, 1.54) is 24.3 Å². The van der Waals surface area contributed by atoms with Crippen LogP contribution in [0.3, 0.4) is 0 Å². The van der Waals surface area contributed by atoms with Crippen LogP contribution < -0.4 is 19.5 Å². The number of anilines is 1. The van der Waals surface area contributed by atoms with E-state index >= 15 is 0 Å². The fourth-order valence-corrected chi connectivity index (χ4v) is 3.54. The number of rotatable bonds is 6. The summed E-state index contributed by atoms with van der Waals surface area (Å²) >= 11 is 0. The van der Waals surface area contributed by atoms with Crippen LogP contribution in [0.25, 0.3) is 0 Å². The molecule has 0 unspecified atom stereocenters.